The second kappa shape index (κ2) is 8.12. The number of amides is 1. The Balaban J connectivity index is 1.74. The topological polar surface area (TPSA) is 72.2 Å². The number of pyridine rings is 1. The average Bonchev–Trinajstić information content (AvgIpc) is 2.91. The molecule has 0 aliphatic heterocycles. The van der Waals surface area contributed by atoms with E-state index in [0.717, 1.165) is 5.56 Å². The van der Waals surface area contributed by atoms with Crippen LogP contribution in [-0.4, -0.2) is 26.9 Å². The quantitative estimate of drug-likeness (QED) is 0.535. The monoisotopic (exact) mass is 387 g/mol. The molecule has 0 fully saturated rings. The number of nitrogens with zero attached hydrogens (tertiary/aromatic N) is 4. The van der Waals surface area contributed by atoms with Gasteiger partial charge in [-0.25, -0.2) is 10.1 Å². The maximum atomic E-state index is 12.0. The third-order valence-electron chi connectivity index (χ3n) is 3.69. The van der Waals surface area contributed by atoms with Crippen LogP contribution in [0.1, 0.15) is 27.2 Å². The maximum Gasteiger partial charge on any atom is 0.271 e. The van der Waals surface area contributed by atoms with Crippen LogP contribution in [0.4, 0.5) is 0 Å². The summed E-state index contributed by atoms with van der Waals surface area (Å²) in [6, 6.07) is 10.7. The van der Waals surface area contributed by atoms with Gasteiger partial charge >= 0.3 is 0 Å². The minimum Gasteiger partial charge on any atom is -0.267 e. The van der Waals surface area contributed by atoms with Gasteiger partial charge in [0.1, 0.15) is 5.15 Å². The first-order valence-corrected chi connectivity index (χ1v) is 8.51. The molecule has 0 saturated carbocycles. The fourth-order valence-electron chi connectivity index (χ4n) is 2.33. The lowest BCUT2D eigenvalue weighted by Crippen LogP contribution is -2.17. The van der Waals surface area contributed by atoms with Crippen LogP contribution in [0.2, 0.25) is 10.2 Å². The molecule has 0 atom stereocenters. The maximum absolute atomic E-state index is 12.0. The summed E-state index contributed by atoms with van der Waals surface area (Å²) in [7, 11) is 0. The molecule has 1 amide bonds. The molecule has 3 rings (SSSR count). The van der Waals surface area contributed by atoms with Gasteiger partial charge in [-0.3, -0.25) is 9.78 Å². The van der Waals surface area contributed by atoms with E-state index in [1.807, 2.05) is 31.2 Å². The van der Waals surface area contributed by atoms with Crippen molar-refractivity contribution in [1.82, 2.24) is 20.2 Å². The highest BCUT2D eigenvalue weighted by Crippen LogP contribution is 2.22. The average molecular weight is 388 g/mol. The first-order valence-electron chi connectivity index (χ1n) is 7.76. The predicted octanol–water partition coefficient (Wildman–Crippen LogP) is 3.71. The zero-order valence-corrected chi connectivity index (χ0v) is 15.4. The van der Waals surface area contributed by atoms with Gasteiger partial charge in [0.15, 0.2) is 0 Å². The van der Waals surface area contributed by atoms with Gasteiger partial charge in [-0.15, -0.1) is 0 Å². The van der Waals surface area contributed by atoms with Crippen molar-refractivity contribution >= 4 is 35.3 Å². The Morgan fingerprint density at radius 3 is 2.69 bits per heavy atom. The number of rotatable bonds is 5. The SMILES string of the molecule is Cc1nn(Cc2ccccc2Cl)c(Cl)c1/C=N\NC(=O)c1ccncc1. The van der Waals surface area contributed by atoms with Gasteiger partial charge in [0, 0.05) is 23.0 Å². The first kappa shape index (κ1) is 18.1. The molecule has 26 heavy (non-hydrogen) atoms. The fourth-order valence-corrected chi connectivity index (χ4v) is 2.81. The molecule has 0 aliphatic rings. The van der Waals surface area contributed by atoms with Crippen LogP contribution in [0, 0.1) is 6.92 Å². The number of halogens is 2. The molecule has 6 nitrogen and oxygen atoms in total. The Hall–Kier alpha value is -2.70. The number of nitrogens with one attached hydrogen (secondary N) is 1. The highest BCUT2D eigenvalue weighted by Gasteiger charge is 2.13. The van der Waals surface area contributed by atoms with Crippen molar-refractivity contribution in [3.63, 3.8) is 0 Å². The third kappa shape index (κ3) is 4.09. The van der Waals surface area contributed by atoms with E-state index >= 15 is 0 Å². The zero-order chi connectivity index (χ0) is 18.5. The molecular weight excluding hydrogens is 373 g/mol. The van der Waals surface area contributed by atoms with Crippen molar-refractivity contribution in [2.45, 2.75) is 13.5 Å². The van der Waals surface area contributed by atoms with Gasteiger partial charge < -0.3 is 0 Å². The molecule has 2 aromatic heterocycles. The molecule has 0 saturated heterocycles. The summed E-state index contributed by atoms with van der Waals surface area (Å²) < 4.78 is 1.64. The molecular formula is C18H15Cl2N5O. The van der Waals surface area contributed by atoms with Gasteiger partial charge in [-0.05, 0) is 30.7 Å². The summed E-state index contributed by atoms with van der Waals surface area (Å²) in [5.74, 6) is -0.333. The van der Waals surface area contributed by atoms with E-state index in [9.17, 15) is 4.79 Å². The smallest absolute Gasteiger partial charge is 0.267 e. The second-order valence-electron chi connectivity index (χ2n) is 5.47. The molecule has 0 spiro atoms. The highest BCUT2D eigenvalue weighted by atomic mass is 35.5. The number of aryl methyl sites for hydroxylation is 1. The van der Waals surface area contributed by atoms with E-state index in [-0.39, 0.29) is 5.91 Å². The lowest BCUT2D eigenvalue weighted by atomic mass is 10.2. The number of benzene rings is 1. The lowest BCUT2D eigenvalue weighted by Gasteiger charge is -2.05. The van der Waals surface area contributed by atoms with Crippen molar-refractivity contribution in [3.8, 4) is 0 Å². The second-order valence-corrected chi connectivity index (χ2v) is 6.24. The summed E-state index contributed by atoms with van der Waals surface area (Å²) in [6.45, 7) is 2.26. The van der Waals surface area contributed by atoms with Crippen LogP contribution in [-0.2, 0) is 6.54 Å². The summed E-state index contributed by atoms with van der Waals surface area (Å²) in [5.41, 5.74) is 5.16. The van der Waals surface area contributed by atoms with Crippen LogP contribution in [0.5, 0.6) is 0 Å². The minimum absolute atomic E-state index is 0.333. The van der Waals surface area contributed by atoms with Crippen LogP contribution in [0.3, 0.4) is 0 Å². The molecule has 0 radical (unpaired) electrons. The minimum atomic E-state index is -0.333. The Kier molecular flexibility index (Phi) is 5.65. The summed E-state index contributed by atoms with van der Waals surface area (Å²) >= 11 is 12.6. The Labute approximate surface area is 160 Å². The largest absolute Gasteiger partial charge is 0.271 e. The first-order chi connectivity index (χ1) is 12.6. The van der Waals surface area contributed by atoms with E-state index in [2.05, 4.69) is 20.6 Å². The van der Waals surface area contributed by atoms with Gasteiger partial charge in [0.05, 0.1) is 24.0 Å². The van der Waals surface area contributed by atoms with Gasteiger partial charge in [-0.2, -0.15) is 10.2 Å². The van der Waals surface area contributed by atoms with Gasteiger partial charge in [-0.1, -0.05) is 41.4 Å². The van der Waals surface area contributed by atoms with E-state index in [0.29, 0.717) is 33.5 Å². The van der Waals surface area contributed by atoms with Crippen molar-refractivity contribution in [3.05, 3.63) is 81.4 Å². The molecule has 1 N–H and O–H groups in total. The Bertz CT molecular complexity index is 953. The molecule has 0 bridgehead atoms. The van der Waals surface area contributed by atoms with Gasteiger partial charge in [0.25, 0.3) is 5.91 Å². The third-order valence-corrected chi connectivity index (χ3v) is 4.46. The summed E-state index contributed by atoms with van der Waals surface area (Å²) in [5, 5.41) is 9.46. The number of aromatic nitrogens is 3. The van der Waals surface area contributed by atoms with Crippen molar-refractivity contribution < 1.29 is 4.79 Å². The molecule has 2 heterocycles. The number of hydrogen-bond acceptors (Lipinski definition) is 4. The number of carbonyl (C=O) groups is 1. The molecule has 132 valence electrons. The van der Waals surface area contributed by atoms with E-state index < -0.39 is 0 Å². The van der Waals surface area contributed by atoms with Crippen LogP contribution in [0.15, 0.2) is 53.9 Å². The number of hydrazone groups is 1. The lowest BCUT2D eigenvalue weighted by molar-refractivity contribution is 0.0955. The summed E-state index contributed by atoms with van der Waals surface area (Å²) in [4.78, 5) is 15.8. The van der Waals surface area contributed by atoms with E-state index in [1.165, 1.54) is 6.21 Å². The number of hydrogen-bond donors (Lipinski definition) is 1. The van der Waals surface area contributed by atoms with Crippen molar-refractivity contribution in [1.29, 1.82) is 0 Å². The fraction of sp³-hybridized carbons (Fsp3) is 0.111. The van der Waals surface area contributed by atoms with E-state index in [1.54, 1.807) is 29.2 Å². The highest BCUT2D eigenvalue weighted by molar-refractivity contribution is 6.32. The van der Waals surface area contributed by atoms with Crippen LogP contribution in [0.25, 0.3) is 0 Å². The Morgan fingerprint density at radius 1 is 1.23 bits per heavy atom. The summed E-state index contributed by atoms with van der Waals surface area (Å²) in [6.07, 6.45) is 4.56. The molecule has 3 aromatic rings. The molecule has 0 aliphatic carbocycles. The molecule has 8 heteroatoms. The van der Waals surface area contributed by atoms with Crippen molar-refractivity contribution in [2.24, 2.45) is 5.10 Å². The van der Waals surface area contributed by atoms with Crippen LogP contribution < -0.4 is 5.43 Å². The van der Waals surface area contributed by atoms with E-state index in [4.69, 9.17) is 23.2 Å². The Morgan fingerprint density at radius 2 is 1.96 bits per heavy atom. The normalized spacial score (nSPS) is 11.0. The number of carbonyl (C=O) groups excluding carboxylic acids is 1. The molecule has 0 unspecified atom stereocenters. The van der Waals surface area contributed by atoms with Crippen molar-refractivity contribution in [2.75, 3.05) is 0 Å². The predicted molar refractivity (Wildman–Crippen MR) is 102 cm³/mol. The van der Waals surface area contributed by atoms with Crippen LogP contribution >= 0.6 is 23.2 Å². The standard InChI is InChI=1S/C18H15Cl2N5O/c1-12-15(10-22-23-18(26)13-6-8-21-9-7-13)17(20)25(24-12)11-14-4-2-3-5-16(14)19/h2-10H,11H2,1H3,(H,23,26)/b22-10-. The molecule has 1 aromatic carbocycles. The zero-order valence-electron chi connectivity index (χ0n) is 13.9. The van der Waals surface area contributed by atoms with Gasteiger partial charge in [0.2, 0.25) is 0 Å².